The first-order valence-corrected chi connectivity index (χ1v) is 12.0. The van der Waals surface area contributed by atoms with Gasteiger partial charge in [-0.3, -0.25) is 9.36 Å². The molecule has 1 amide bonds. The number of nitrogens with zero attached hydrogens (tertiary/aromatic N) is 7. The van der Waals surface area contributed by atoms with Crippen LogP contribution < -0.4 is 4.90 Å². The molecule has 2 aliphatic heterocycles. The van der Waals surface area contributed by atoms with Gasteiger partial charge in [0.2, 0.25) is 5.91 Å². The van der Waals surface area contributed by atoms with Crippen molar-refractivity contribution in [1.82, 2.24) is 24.6 Å². The van der Waals surface area contributed by atoms with Crippen molar-refractivity contribution in [2.45, 2.75) is 45.2 Å². The lowest BCUT2D eigenvalue weighted by atomic mass is 9.57. The summed E-state index contributed by atoms with van der Waals surface area (Å²) in [6, 6.07) is 13.5. The van der Waals surface area contributed by atoms with E-state index in [0.29, 0.717) is 36.1 Å². The number of halogens is 1. The molecule has 8 nitrogen and oxygen atoms in total. The first kappa shape index (κ1) is 21.1. The second kappa shape index (κ2) is 7.81. The molecule has 4 heterocycles. The van der Waals surface area contributed by atoms with Gasteiger partial charge >= 0.3 is 0 Å². The molecule has 1 aromatic carbocycles. The van der Waals surface area contributed by atoms with Crippen LogP contribution in [0.2, 0.25) is 5.02 Å². The number of pyridine rings is 1. The highest BCUT2D eigenvalue weighted by molar-refractivity contribution is 6.30. The van der Waals surface area contributed by atoms with Crippen LogP contribution in [0, 0.1) is 16.7 Å². The summed E-state index contributed by atoms with van der Waals surface area (Å²) in [6.45, 7) is 4.72. The zero-order chi connectivity index (χ0) is 23.4. The zero-order valence-electron chi connectivity index (χ0n) is 18.9. The van der Waals surface area contributed by atoms with Crippen molar-refractivity contribution < 1.29 is 4.79 Å². The van der Waals surface area contributed by atoms with E-state index >= 15 is 0 Å². The van der Waals surface area contributed by atoms with E-state index in [0.717, 1.165) is 54.6 Å². The molecule has 1 saturated heterocycles. The summed E-state index contributed by atoms with van der Waals surface area (Å²) in [5.41, 5.74) is 2.74. The van der Waals surface area contributed by atoms with Gasteiger partial charge in [0.15, 0.2) is 5.82 Å². The first-order valence-electron chi connectivity index (χ1n) is 11.6. The Morgan fingerprint density at radius 2 is 2.03 bits per heavy atom. The van der Waals surface area contributed by atoms with Crippen molar-refractivity contribution in [3.8, 4) is 11.8 Å². The largest absolute Gasteiger partial charge is 0.355 e. The molecule has 2 aromatic heterocycles. The smallest absolute Gasteiger partial charge is 0.222 e. The Morgan fingerprint density at radius 1 is 1.21 bits per heavy atom. The SMILES string of the molecule is CCC(=O)N1Cc2cc(Cl)ccc2-n2c(nnc2C2CC3(C2)CN(c2cccc(C#N)n2)C3)C1. The Bertz CT molecular complexity index is 1330. The number of carbonyl (C=O) groups is 1. The number of fused-ring (bicyclic) bond motifs is 3. The predicted molar refractivity (Wildman–Crippen MR) is 126 cm³/mol. The summed E-state index contributed by atoms with van der Waals surface area (Å²) in [5.74, 6) is 3.05. The minimum absolute atomic E-state index is 0.0927. The number of anilines is 1. The zero-order valence-corrected chi connectivity index (χ0v) is 19.7. The Hall–Kier alpha value is -3.44. The van der Waals surface area contributed by atoms with Crippen LogP contribution in [0.3, 0.4) is 0 Å². The van der Waals surface area contributed by atoms with E-state index in [-0.39, 0.29) is 11.3 Å². The number of rotatable bonds is 3. The quantitative estimate of drug-likeness (QED) is 0.574. The fourth-order valence-electron chi connectivity index (χ4n) is 5.70. The standard InChI is InChI=1S/C25H24ClN7O/c1-2-23(34)31-12-16-8-18(26)6-7-20(16)33-22(13-31)29-30-24(33)17-9-25(10-17)14-32(15-25)21-5-3-4-19(11-27)28-21/h3-8,17H,2,9-10,12-15H2,1H3. The van der Waals surface area contributed by atoms with Crippen molar-refractivity contribution in [3.63, 3.8) is 0 Å². The number of carbonyl (C=O) groups excluding carboxylic acids is 1. The summed E-state index contributed by atoms with van der Waals surface area (Å²) in [6.07, 6.45) is 2.53. The highest BCUT2D eigenvalue weighted by Crippen LogP contribution is 2.56. The molecule has 34 heavy (non-hydrogen) atoms. The number of benzene rings is 1. The van der Waals surface area contributed by atoms with Crippen molar-refractivity contribution in [2.24, 2.45) is 5.41 Å². The molecule has 0 radical (unpaired) electrons. The van der Waals surface area contributed by atoms with E-state index in [9.17, 15) is 4.79 Å². The molecular formula is C25H24ClN7O. The van der Waals surface area contributed by atoms with Crippen LogP contribution in [0.1, 0.15) is 55.0 Å². The lowest BCUT2D eigenvalue weighted by Crippen LogP contribution is -2.62. The van der Waals surface area contributed by atoms with Crippen LogP contribution in [0.4, 0.5) is 5.82 Å². The molecule has 0 bridgehead atoms. The number of hydrogen-bond donors (Lipinski definition) is 0. The lowest BCUT2D eigenvalue weighted by Gasteiger charge is -2.59. The summed E-state index contributed by atoms with van der Waals surface area (Å²) >= 11 is 6.31. The van der Waals surface area contributed by atoms with Gasteiger partial charge in [0.1, 0.15) is 23.4 Å². The highest BCUT2D eigenvalue weighted by atomic mass is 35.5. The van der Waals surface area contributed by atoms with Gasteiger partial charge in [-0.25, -0.2) is 4.98 Å². The van der Waals surface area contributed by atoms with E-state index in [1.807, 2.05) is 42.2 Å². The molecule has 1 saturated carbocycles. The van der Waals surface area contributed by atoms with Gasteiger partial charge in [-0.2, -0.15) is 5.26 Å². The Labute approximate surface area is 202 Å². The topological polar surface area (TPSA) is 90.9 Å². The van der Waals surface area contributed by atoms with E-state index in [2.05, 4.69) is 30.7 Å². The molecule has 1 spiro atoms. The normalized spacial score (nSPS) is 18.4. The van der Waals surface area contributed by atoms with E-state index < -0.39 is 0 Å². The predicted octanol–water partition coefficient (Wildman–Crippen LogP) is 3.82. The van der Waals surface area contributed by atoms with Gasteiger partial charge in [-0.1, -0.05) is 24.6 Å². The second-order valence-electron chi connectivity index (χ2n) is 9.64. The number of amides is 1. The van der Waals surface area contributed by atoms with Crippen molar-refractivity contribution in [3.05, 3.63) is 64.3 Å². The van der Waals surface area contributed by atoms with Crippen molar-refractivity contribution in [1.29, 1.82) is 5.26 Å². The van der Waals surface area contributed by atoms with Crippen molar-refractivity contribution in [2.75, 3.05) is 18.0 Å². The monoisotopic (exact) mass is 473 g/mol. The third-order valence-corrected chi connectivity index (χ3v) is 7.57. The van der Waals surface area contributed by atoms with Gasteiger partial charge < -0.3 is 9.80 Å². The van der Waals surface area contributed by atoms with Crippen LogP contribution in [0.25, 0.3) is 5.69 Å². The van der Waals surface area contributed by atoms with Crippen LogP contribution in [-0.2, 0) is 17.9 Å². The number of hydrogen-bond acceptors (Lipinski definition) is 6. The van der Waals surface area contributed by atoms with E-state index in [1.54, 1.807) is 6.07 Å². The van der Waals surface area contributed by atoms with Crippen LogP contribution in [0.5, 0.6) is 0 Å². The van der Waals surface area contributed by atoms with E-state index in [4.69, 9.17) is 16.9 Å². The summed E-state index contributed by atoms with van der Waals surface area (Å²) in [7, 11) is 0. The van der Waals surface area contributed by atoms with Gasteiger partial charge in [0, 0.05) is 42.4 Å². The Kier molecular flexibility index (Phi) is 4.85. The third kappa shape index (κ3) is 3.34. The molecule has 3 aliphatic rings. The first-order chi connectivity index (χ1) is 16.5. The minimum Gasteiger partial charge on any atom is -0.355 e. The van der Waals surface area contributed by atoms with Gasteiger partial charge in [-0.15, -0.1) is 10.2 Å². The molecule has 1 aliphatic carbocycles. The molecule has 9 heteroatoms. The average molecular weight is 474 g/mol. The van der Waals surface area contributed by atoms with Gasteiger partial charge in [0.05, 0.1) is 12.2 Å². The maximum Gasteiger partial charge on any atom is 0.222 e. The maximum atomic E-state index is 12.6. The molecule has 172 valence electrons. The molecule has 0 atom stereocenters. The fraction of sp³-hybridized carbons (Fsp3) is 0.400. The maximum absolute atomic E-state index is 12.6. The van der Waals surface area contributed by atoms with E-state index in [1.165, 1.54) is 0 Å². The highest BCUT2D eigenvalue weighted by Gasteiger charge is 2.54. The van der Waals surface area contributed by atoms with Crippen LogP contribution >= 0.6 is 11.6 Å². The molecule has 0 N–H and O–H groups in total. The van der Waals surface area contributed by atoms with Crippen LogP contribution in [0.15, 0.2) is 36.4 Å². The summed E-state index contributed by atoms with van der Waals surface area (Å²) < 4.78 is 2.15. The molecule has 3 aromatic rings. The molecular weight excluding hydrogens is 450 g/mol. The van der Waals surface area contributed by atoms with Crippen molar-refractivity contribution >= 4 is 23.3 Å². The summed E-state index contributed by atoms with van der Waals surface area (Å²) in [4.78, 5) is 21.1. The Balaban J connectivity index is 1.24. The van der Waals surface area contributed by atoms with Crippen LogP contribution in [-0.4, -0.2) is 43.6 Å². The second-order valence-corrected chi connectivity index (χ2v) is 10.1. The molecule has 2 fully saturated rings. The Morgan fingerprint density at radius 3 is 2.79 bits per heavy atom. The number of aromatic nitrogens is 4. The minimum atomic E-state index is 0.0927. The fourth-order valence-corrected chi connectivity index (χ4v) is 5.90. The third-order valence-electron chi connectivity index (χ3n) is 7.34. The lowest BCUT2D eigenvalue weighted by molar-refractivity contribution is -0.132. The van der Waals surface area contributed by atoms with Gasteiger partial charge in [0.25, 0.3) is 0 Å². The number of nitriles is 1. The summed E-state index contributed by atoms with van der Waals surface area (Å²) in [5, 5.41) is 18.9. The average Bonchev–Trinajstić information content (AvgIpc) is 3.11. The molecule has 0 unspecified atom stereocenters. The van der Waals surface area contributed by atoms with Gasteiger partial charge in [-0.05, 0) is 48.7 Å². The molecule has 6 rings (SSSR count).